The number of carboxylic acids is 1. The minimum atomic E-state index is -0.935. The molecule has 1 aromatic carbocycles. The van der Waals surface area contributed by atoms with E-state index in [1.807, 2.05) is 6.07 Å². The Labute approximate surface area is 96.2 Å². The molecule has 0 bridgehead atoms. The Morgan fingerprint density at radius 1 is 1.19 bits per heavy atom. The van der Waals surface area contributed by atoms with Gasteiger partial charge in [0.05, 0.1) is 5.56 Å². The second kappa shape index (κ2) is 4.17. The van der Waals surface area contributed by atoms with Crippen molar-refractivity contribution in [3.8, 4) is 16.5 Å². The maximum atomic E-state index is 10.7. The molecule has 0 aliphatic carbocycles. The Bertz CT molecular complexity index is 563. The number of hydrogen-bond donors (Lipinski definition) is 1. The first-order valence-electron chi connectivity index (χ1n) is 4.54. The highest BCUT2D eigenvalue weighted by Crippen LogP contribution is 2.27. The molecular formula is C12H7NO2S. The summed E-state index contributed by atoms with van der Waals surface area (Å²) in [6.07, 6.45) is 0. The van der Waals surface area contributed by atoms with E-state index in [1.165, 1.54) is 11.3 Å². The molecule has 0 saturated carbocycles. The van der Waals surface area contributed by atoms with Gasteiger partial charge in [0.25, 0.3) is 0 Å². The van der Waals surface area contributed by atoms with E-state index >= 15 is 0 Å². The van der Waals surface area contributed by atoms with Crippen molar-refractivity contribution in [2.75, 3.05) is 0 Å². The van der Waals surface area contributed by atoms with Crippen LogP contribution in [0.15, 0.2) is 36.4 Å². The summed E-state index contributed by atoms with van der Waals surface area (Å²) in [4.78, 5) is 12.3. The third-order valence-corrected chi connectivity index (χ3v) is 3.17. The lowest BCUT2D eigenvalue weighted by Crippen LogP contribution is -1.94. The van der Waals surface area contributed by atoms with E-state index in [-0.39, 0.29) is 5.56 Å². The molecule has 0 spiro atoms. The van der Waals surface area contributed by atoms with Crippen LogP contribution in [0.5, 0.6) is 0 Å². The van der Waals surface area contributed by atoms with E-state index in [1.54, 1.807) is 30.3 Å². The monoisotopic (exact) mass is 229 g/mol. The van der Waals surface area contributed by atoms with Gasteiger partial charge in [0.2, 0.25) is 0 Å². The lowest BCUT2D eigenvalue weighted by Gasteiger charge is -1.97. The van der Waals surface area contributed by atoms with Crippen molar-refractivity contribution in [1.82, 2.24) is 0 Å². The van der Waals surface area contributed by atoms with Crippen molar-refractivity contribution in [2.24, 2.45) is 0 Å². The largest absolute Gasteiger partial charge is 0.478 e. The predicted octanol–water partition coefficient (Wildman–Crippen LogP) is 2.98. The molecule has 2 rings (SSSR count). The second-order valence-electron chi connectivity index (χ2n) is 3.16. The molecule has 3 nitrogen and oxygen atoms in total. The Balaban J connectivity index is 2.35. The lowest BCUT2D eigenvalue weighted by atomic mass is 10.1. The average Bonchev–Trinajstić information content (AvgIpc) is 2.77. The third kappa shape index (κ3) is 1.95. The van der Waals surface area contributed by atoms with Gasteiger partial charge in [-0.05, 0) is 29.8 Å². The van der Waals surface area contributed by atoms with Gasteiger partial charge in [-0.3, -0.25) is 0 Å². The fourth-order valence-electron chi connectivity index (χ4n) is 1.33. The summed E-state index contributed by atoms with van der Waals surface area (Å²) in [7, 11) is 0. The van der Waals surface area contributed by atoms with E-state index in [0.29, 0.717) is 4.88 Å². The normalized spacial score (nSPS) is 9.69. The topological polar surface area (TPSA) is 61.1 Å². The molecule has 0 amide bonds. The molecule has 0 atom stereocenters. The molecule has 0 radical (unpaired) electrons. The Hall–Kier alpha value is -2.12. The fraction of sp³-hybridized carbons (Fsp3) is 0. The van der Waals surface area contributed by atoms with Crippen LogP contribution in [0.1, 0.15) is 15.2 Å². The van der Waals surface area contributed by atoms with E-state index in [4.69, 9.17) is 10.4 Å². The molecule has 1 aromatic heterocycles. The number of nitrogens with zero attached hydrogens (tertiary/aromatic N) is 1. The highest BCUT2D eigenvalue weighted by atomic mass is 32.1. The van der Waals surface area contributed by atoms with Crippen LogP contribution in [0, 0.1) is 11.3 Å². The Morgan fingerprint density at radius 2 is 1.88 bits per heavy atom. The molecule has 2 aromatic rings. The standard InChI is InChI=1S/C12H7NO2S/c13-7-10-5-6-11(16-10)8-1-3-9(4-2-8)12(14)15/h1-6H,(H,14,15). The summed E-state index contributed by atoms with van der Waals surface area (Å²) >= 11 is 1.39. The molecule has 78 valence electrons. The Kier molecular flexibility index (Phi) is 2.71. The Morgan fingerprint density at radius 3 is 2.38 bits per heavy atom. The highest BCUT2D eigenvalue weighted by Gasteiger charge is 2.05. The number of rotatable bonds is 2. The molecular weight excluding hydrogens is 222 g/mol. The number of hydrogen-bond acceptors (Lipinski definition) is 3. The van der Waals surface area contributed by atoms with Gasteiger partial charge in [0.15, 0.2) is 0 Å². The summed E-state index contributed by atoms with van der Waals surface area (Å²) in [5, 5.41) is 17.4. The molecule has 1 heterocycles. The van der Waals surface area contributed by atoms with Gasteiger partial charge in [0.1, 0.15) is 10.9 Å². The van der Waals surface area contributed by atoms with Gasteiger partial charge in [-0.15, -0.1) is 11.3 Å². The predicted molar refractivity (Wildman–Crippen MR) is 61.4 cm³/mol. The molecule has 16 heavy (non-hydrogen) atoms. The number of thiophene rings is 1. The van der Waals surface area contributed by atoms with Crippen LogP contribution in [0.3, 0.4) is 0 Å². The van der Waals surface area contributed by atoms with E-state index in [9.17, 15) is 4.79 Å². The lowest BCUT2D eigenvalue weighted by molar-refractivity contribution is 0.0697. The zero-order valence-corrected chi connectivity index (χ0v) is 8.99. The fourth-order valence-corrected chi connectivity index (χ4v) is 2.14. The van der Waals surface area contributed by atoms with Crippen molar-refractivity contribution < 1.29 is 9.90 Å². The molecule has 0 aliphatic rings. The van der Waals surface area contributed by atoms with Crippen molar-refractivity contribution in [2.45, 2.75) is 0 Å². The summed E-state index contributed by atoms with van der Waals surface area (Å²) in [6, 6.07) is 12.3. The van der Waals surface area contributed by atoms with Gasteiger partial charge in [-0.2, -0.15) is 5.26 Å². The van der Waals surface area contributed by atoms with Crippen LogP contribution in [0.2, 0.25) is 0 Å². The first kappa shape index (κ1) is 10.4. The molecule has 1 N–H and O–H groups in total. The van der Waals surface area contributed by atoms with E-state index in [0.717, 1.165) is 10.4 Å². The van der Waals surface area contributed by atoms with Crippen LogP contribution in [0.4, 0.5) is 0 Å². The SMILES string of the molecule is N#Cc1ccc(-c2ccc(C(=O)O)cc2)s1. The molecule has 4 heteroatoms. The first-order chi connectivity index (χ1) is 7.70. The van der Waals surface area contributed by atoms with Crippen molar-refractivity contribution in [1.29, 1.82) is 5.26 Å². The minimum Gasteiger partial charge on any atom is -0.478 e. The first-order valence-corrected chi connectivity index (χ1v) is 5.36. The number of aromatic carboxylic acids is 1. The minimum absolute atomic E-state index is 0.265. The van der Waals surface area contributed by atoms with E-state index in [2.05, 4.69) is 6.07 Å². The second-order valence-corrected chi connectivity index (χ2v) is 4.24. The summed E-state index contributed by atoms with van der Waals surface area (Å²) in [5.41, 5.74) is 1.19. The molecule has 0 fully saturated rings. The van der Waals surface area contributed by atoms with Gasteiger partial charge in [-0.25, -0.2) is 4.79 Å². The number of benzene rings is 1. The van der Waals surface area contributed by atoms with Gasteiger partial charge in [0, 0.05) is 4.88 Å². The summed E-state index contributed by atoms with van der Waals surface area (Å²) in [6.45, 7) is 0. The summed E-state index contributed by atoms with van der Waals surface area (Å²) < 4.78 is 0. The zero-order valence-electron chi connectivity index (χ0n) is 8.18. The zero-order chi connectivity index (χ0) is 11.5. The number of carbonyl (C=O) groups is 1. The third-order valence-electron chi connectivity index (χ3n) is 2.13. The van der Waals surface area contributed by atoms with Gasteiger partial charge in [-0.1, -0.05) is 12.1 Å². The maximum absolute atomic E-state index is 10.7. The van der Waals surface area contributed by atoms with Crippen LogP contribution in [-0.2, 0) is 0 Å². The van der Waals surface area contributed by atoms with Crippen molar-refractivity contribution in [3.63, 3.8) is 0 Å². The average molecular weight is 229 g/mol. The highest BCUT2D eigenvalue weighted by molar-refractivity contribution is 7.16. The van der Waals surface area contributed by atoms with E-state index < -0.39 is 5.97 Å². The number of carboxylic acid groups (broad SMARTS) is 1. The van der Waals surface area contributed by atoms with Gasteiger partial charge < -0.3 is 5.11 Å². The van der Waals surface area contributed by atoms with Crippen LogP contribution >= 0.6 is 11.3 Å². The summed E-state index contributed by atoms with van der Waals surface area (Å²) in [5.74, 6) is -0.935. The van der Waals surface area contributed by atoms with Crippen LogP contribution < -0.4 is 0 Å². The molecule has 0 aliphatic heterocycles. The smallest absolute Gasteiger partial charge is 0.335 e. The maximum Gasteiger partial charge on any atom is 0.335 e. The van der Waals surface area contributed by atoms with Crippen molar-refractivity contribution in [3.05, 3.63) is 46.8 Å². The quantitative estimate of drug-likeness (QED) is 0.861. The molecule has 0 saturated heterocycles. The van der Waals surface area contributed by atoms with Crippen LogP contribution in [-0.4, -0.2) is 11.1 Å². The van der Waals surface area contributed by atoms with Crippen LogP contribution in [0.25, 0.3) is 10.4 Å². The van der Waals surface area contributed by atoms with Crippen molar-refractivity contribution >= 4 is 17.3 Å². The molecule has 0 unspecified atom stereocenters. The van der Waals surface area contributed by atoms with Gasteiger partial charge >= 0.3 is 5.97 Å². The number of nitriles is 1.